The summed E-state index contributed by atoms with van der Waals surface area (Å²) in [5.41, 5.74) is -0.383. The van der Waals surface area contributed by atoms with Crippen molar-refractivity contribution in [2.75, 3.05) is 13.7 Å². The molecule has 20 heavy (non-hydrogen) atoms. The Kier molecular flexibility index (Phi) is 5.69. The molecular weight excluding hydrogens is 262 g/mol. The second kappa shape index (κ2) is 7.04. The number of hydrogen-bond acceptors (Lipinski definition) is 4. The molecule has 1 N–H and O–H groups in total. The molecule has 0 bridgehead atoms. The summed E-state index contributed by atoms with van der Waals surface area (Å²) in [6.45, 7) is 0.233. The third-order valence-corrected chi connectivity index (χ3v) is 3.15. The number of aliphatic hydroxyl groups excluding tert-OH is 1. The molecule has 0 saturated heterocycles. The molecule has 0 spiro atoms. The Morgan fingerprint density at radius 3 is 2.55 bits per heavy atom. The molecule has 1 amide bonds. The predicted molar refractivity (Wildman–Crippen MR) is 74.3 cm³/mol. The molecule has 7 heteroatoms. The highest BCUT2D eigenvalue weighted by Gasteiger charge is 2.13. The number of unbranched alkanes of at least 4 members (excludes halogenated alkanes) is 1. The molecule has 1 heterocycles. The Labute approximate surface area is 117 Å². The van der Waals surface area contributed by atoms with E-state index >= 15 is 0 Å². The van der Waals surface area contributed by atoms with Crippen LogP contribution in [0.4, 0.5) is 0 Å². The molecule has 7 nitrogen and oxygen atoms in total. The first kappa shape index (κ1) is 16.2. The van der Waals surface area contributed by atoms with Gasteiger partial charge < -0.3 is 14.6 Å². The molecule has 0 aliphatic rings. The summed E-state index contributed by atoms with van der Waals surface area (Å²) in [5, 5.41) is 8.68. The van der Waals surface area contributed by atoms with Crippen LogP contribution in [0.2, 0.25) is 0 Å². The second-order valence-corrected chi connectivity index (χ2v) is 4.84. The minimum Gasteiger partial charge on any atom is -0.396 e. The van der Waals surface area contributed by atoms with E-state index in [1.165, 1.54) is 22.7 Å². The molecule has 0 atom stereocenters. The van der Waals surface area contributed by atoms with Crippen molar-refractivity contribution in [1.82, 2.24) is 14.0 Å². The van der Waals surface area contributed by atoms with Crippen LogP contribution in [0.5, 0.6) is 0 Å². The SMILES string of the molecule is CN(Cc1cn(C)c(=O)n(C)c1=O)C(=O)CCCCO. The number of carbonyl (C=O) groups excluding carboxylic acids is 1. The van der Waals surface area contributed by atoms with E-state index in [2.05, 4.69) is 0 Å². The number of aryl methyl sites for hydroxylation is 1. The third-order valence-electron chi connectivity index (χ3n) is 3.15. The fourth-order valence-electron chi connectivity index (χ4n) is 1.91. The third kappa shape index (κ3) is 3.80. The lowest BCUT2D eigenvalue weighted by molar-refractivity contribution is -0.130. The zero-order valence-electron chi connectivity index (χ0n) is 12.1. The number of rotatable bonds is 6. The van der Waals surface area contributed by atoms with Crippen molar-refractivity contribution in [2.45, 2.75) is 25.8 Å². The fraction of sp³-hybridized carbons (Fsp3) is 0.615. The largest absolute Gasteiger partial charge is 0.396 e. The number of amides is 1. The van der Waals surface area contributed by atoms with Crippen LogP contribution in [-0.4, -0.2) is 38.7 Å². The van der Waals surface area contributed by atoms with Gasteiger partial charge in [-0.05, 0) is 12.8 Å². The smallest absolute Gasteiger partial charge is 0.330 e. The molecule has 0 aliphatic heterocycles. The molecule has 1 aromatic heterocycles. The van der Waals surface area contributed by atoms with Gasteiger partial charge in [-0.15, -0.1) is 0 Å². The summed E-state index contributed by atoms with van der Waals surface area (Å²) in [5.74, 6) is -0.0886. The minimum absolute atomic E-state index is 0.0678. The standard InChI is InChI=1S/C13H21N3O4/c1-14(11(18)6-4-5-7-17)8-10-9-15(2)13(20)16(3)12(10)19/h9,17H,4-8H2,1-3H3. The highest BCUT2D eigenvalue weighted by atomic mass is 16.3. The lowest BCUT2D eigenvalue weighted by atomic mass is 10.2. The van der Waals surface area contributed by atoms with Crippen molar-refractivity contribution in [1.29, 1.82) is 0 Å². The lowest BCUT2D eigenvalue weighted by Crippen LogP contribution is -2.40. The number of aliphatic hydroxyl groups is 1. The monoisotopic (exact) mass is 283 g/mol. The second-order valence-electron chi connectivity index (χ2n) is 4.84. The highest BCUT2D eigenvalue weighted by molar-refractivity contribution is 5.75. The maximum atomic E-state index is 11.9. The predicted octanol–water partition coefficient (Wildman–Crippen LogP) is -0.795. The fourth-order valence-corrected chi connectivity index (χ4v) is 1.91. The van der Waals surface area contributed by atoms with Gasteiger partial charge in [0.1, 0.15) is 0 Å². The Hall–Kier alpha value is -1.89. The van der Waals surface area contributed by atoms with Gasteiger partial charge in [0.25, 0.3) is 5.56 Å². The van der Waals surface area contributed by atoms with Crippen LogP contribution in [0.25, 0.3) is 0 Å². The summed E-state index contributed by atoms with van der Waals surface area (Å²) < 4.78 is 2.35. The molecule has 0 aliphatic carbocycles. The van der Waals surface area contributed by atoms with Crippen molar-refractivity contribution in [3.63, 3.8) is 0 Å². The van der Waals surface area contributed by atoms with Crippen molar-refractivity contribution < 1.29 is 9.90 Å². The van der Waals surface area contributed by atoms with E-state index in [-0.39, 0.29) is 24.6 Å². The van der Waals surface area contributed by atoms with Crippen LogP contribution in [0, 0.1) is 0 Å². The first-order valence-electron chi connectivity index (χ1n) is 6.48. The molecule has 0 unspecified atom stereocenters. The van der Waals surface area contributed by atoms with E-state index in [0.717, 1.165) is 4.57 Å². The summed E-state index contributed by atoms with van der Waals surface area (Å²) in [6, 6.07) is 0. The number of aromatic nitrogens is 2. The quantitative estimate of drug-likeness (QED) is 0.693. The summed E-state index contributed by atoms with van der Waals surface area (Å²) in [7, 11) is 4.59. The molecule has 0 radical (unpaired) electrons. The van der Waals surface area contributed by atoms with E-state index in [4.69, 9.17) is 5.11 Å². The van der Waals surface area contributed by atoms with Gasteiger partial charge in [-0.3, -0.25) is 14.2 Å². The maximum absolute atomic E-state index is 11.9. The van der Waals surface area contributed by atoms with Crippen LogP contribution < -0.4 is 11.2 Å². The van der Waals surface area contributed by atoms with E-state index in [0.29, 0.717) is 24.8 Å². The van der Waals surface area contributed by atoms with Crippen molar-refractivity contribution in [2.24, 2.45) is 14.1 Å². The van der Waals surface area contributed by atoms with Gasteiger partial charge in [0.2, 0.25) is 5.91 Å². The maximum Gasteiger partial charge on any atom is 0.330 e. The van der Waals surface area contributed by atoms with Gasteiger partial charge in [0.05, 0.1) is 12.1 Å². The molecular formula is C13H21N3O4. The van der Waals surface area contributed by atoms with Crippen LogP contribution in [0.15, 0.2) is 15.8 Å². The molecule has 0 saturated carbocycles. The Balaban J connectivity index is 2.81. The molecule has 1 rings (SSSR count). The Morgan fingerprint density at radius 2 is 1.95 bits per heavy atom. The average molecular weight is 283 g/mol. The molecule has 1 aromatic rings. The topological polar surface area (TPSA) is 84.5 Å². The van der Waals surface area contributed by atoms with Crippen LogP contribution in [0.1, 0.15) is 24.8 Å². The van der Waals surface area contributed by atoms with E-state index in [1.54, 1.807) is 14.1 Å². The number of nitrogens with zero attached hydrogens (tertiary/aromatic N) is 3. The summed E-state index contributed by atoms with van der Waals surface area (Å²) in [6.07, 6.45) is 3.00. The van der Waals surface area contributed by atoms with E-state index < -0.39 is 5.69 Å². The number of carbonyl (C=O) groups is 1. The Bertz CT molecular complexity index is 588. The van der Waals surface area contributed by atoms with Crippen molar-refractivity contribution in [3.8, 4) is 0 Å². The molecule has 112 valence electrons. The van der Waals surface area contributed by atoms with Gasteiger partial charge in [0.15, 0.2) is 0 Å². The lowest BCUT2D eigenvalue weighted by Gasteiger charge is -2.17. The van der Waals surface area contributed by atoms with Crippen molar-refractivity contribution >= 4 is 5.91 Å². The van der Waals surface area contributed by atoms with Crippen LogP contribution in [0.3, 0.4) is 0 Å². The first-order valence-corrected chi connectivity index (χ1v) is 6.48. The van der Waals surface area contributed by atoms with Gasteiger partial charge in [-0.1, -0.05) is 0 Å². The van der Waals surface area contributed by atoms with Crippen molar-refractivity contribution in [3.05, 3.63) is 32.6 Å². The van der Waals surface area contributed by atoms with Gasteiger partial charge in [0, 0.05) is 40.4 Å². The van der Waals surface area contributed by atoms with Crippen LogP contribution in [-0.2, 0) is 25.4 Å². The zero-order valence-corrected chi connectivity index (χ0v) is 12.1. The summed E-state index contributed by atoms with van der Waals surface area (Å²) >= 11 is 0. The minimum atomic E-state index is -0.393. The van der Waals surface area contributed by atoms with E-state index in [9.17, 15) is 14.4 Å². The van der Waals surface area contributed by atoms with Gasteiger partial charge >= 0.3 is 5.69 Å². The van der Waals surface area contributed by atoms with Gasteiger partial charge in [-0.2, -0.15) is 0 Å². The normalized spacial score (nSPS) is 10.6. The molecule has 0 aromatic carbocycles. The first-order chi connectivity index (χ1) is 9.38. The Morgan fingerprint density at radius 1 is 1.30 bits per heavy atom. The zero-order chi connectivity index (χ0) is 15.3. The average Bonchev–Trinajstić information content (AvgIpc) is 2.42. The van der Waals surface area contributed by atoms with Crippen LogP contribution >= 0.6 is 0 Å². The number of hydrogen-bond donors (Lipinski definition) is 1. The molecule has 0 fully saturated rings. The highest BCUT2D eigenvalue weighted by Crippen LogP contribution is 2.02. The summed E-state index contributed by atoms with van der Waals surface area (Å²) in [4.78, 5) is 36.8. The van der Waals surface area contributed by atoms with Gasteiger partial charge in [-0.25, -0.2) is 4.79 Å². The van der Waals surface area contributed by atoms with E-state index in [1.807, 2.05) is 0 Å².